The van der Waals surface area contributed by atoms with E-state index in [-0.39, 0.29) is 34.4 Å². The Morgan fingerprint density at radius 1 is 1.36 bits per heavy atom. The Balaban J connectivity index is 1.69. The highest BCUT2D eigenvalue weighted by Crippen LogP contribution is 2.47. The summed E-state index contributed by atoms with van der Waals surface area (Å²) in [7, 11) is 0. The zero-order valence-electron chi connectivity index (χ0n) is 15.7. The number of aliphatic imine (C=N–C) groups is 1. The second-order valence-corrected chi connectivity index (χ2v) is 8.03. The molecule has 1 amide bonds. The molecule has 4 rings (SSSR count). The molecule has 1 aliphatic carbocycles. The Hall–Kier alpha value is -2.60. The number of hydrogen-bond acceptors (Lipinski definition) is 4. The van der Waals surface area contributed by atoms with Gasteiger partial charge in [0.25, 0.3) is 0 Å². The van der Waals surface area contributed by atoms with E-state index >= 15 is 0 Å². The van der Waals surface area contributed by atoms with Gasteiger partial charge in [0.15, 0.2) is 0 Å². The standard InChI is InChI=1S/C21H21ClN2O4/c1-10(2)28-20-15-8-18(25)23-9-13-5-12(7-17(24-20)19(13)15)11-3-4-14(21(26)27)16(22)6-11/h3-4,6,8,10,12-13H,5,7,9H2,1-2H3,(H,23,25)(H,26,27). The molecule has 2 atom stereocenters. The van der Waals surface area contributed by atoms with Gasteiger partial charge in [-0.05, 0) is 55.9 Å². The van der Waals surface area contributed by atoms with Gasteiger partial charge in [-0.2, -0.15) is 0 Å². The smallest absolute Gasteiger partial charge is 0.337 e. The fourth-order valence-electron chi connectivity index (χ4n) is 4.16. The molecule has 0 spiro atoms. The lowest BCUT2D eigenvalue weighted by Crippen LogP contribution is -2.29. The fourth-order valence-corrected chi connectivity index (χ4v) is 4.43. The van der Waals surface area contributed by atoms with Crippen LogP contribution in [-0.2, 0) is 9.53 Å². The molecule has 0 saturated carbocycles. The SMILES string of the molecule is CC(C)OC1=NC2=C3C1=CC(=O)NCC3CC(c1ccc(C(=O)O)c(Cl)c1)C2. The number of benzene rings is 1. The minimum absolute atomic E-state index is 0.0380. The van der Waals surface area contributed by atoms with Gasteiger partial charge in [0.05, 0.1) is 16.7 Å². The predicted molar refractivity (Wildman–Crippen MR) is 106 cm³/mol. The monoisotopic (exact) mass is 400 g/mol. The number of carboxylic acids is 1. The van der Waals surface area contributed by atoms with Crippen LogP contribution in [0, 0.1) is 5.92 Å². The van der Waals surface area contributed by atoms with Crippen LogP contribution in [0.5, 0.6) is 0 Å². The van der Waals surface area contributed by atoms with E-state index in [0.717, 1.165) is 28.8 Å². The molecule has 0 radical (unpaired) electrons. The van der Waals surface area contributed by atoms with Crippen molar-refractivity contribution >= 4 is 29.4 Å². The van der Waals surface area contributed by atoms with Crippen LogP contribution in [0.3, 0.4) is 0 Å². The number of halogens is 1. The molecule has 6 nitrogen and oxygen atoms in total. The number of amides is 1. The summed E-state index contributed by atoms with van der Waals surface area (Å²) in [6.45, 7) is 4.41. The minimum atomic E-state index is -1.04. The number of carboxylic acid groups (broad SMARTS) is 1. The third kappa shape index (κ3) is 3.33. The number of nitrogens with one attached hydrogen (secondary N) is 1. The molecular weight excluding hydrogens is 380 g/mol. The van der Waals surface area contributed by atoms with Crippen LogP contribution >= 0.6 is 11.6 Å². The number of rotatable bonds is 3. The van der Waals surface area contributed by atoms with Gasteiger partial charge >= 0.3 is 5.97 Å². The largest absolute Gasteiger partial charge is 0.478 e. The summed E-state index contributed by atoms with van der Waals surface area (Å²) in [5, 5.41) is 12.4. The van der Waals surface area contributed by atoms with Gasteiger partial charge in [0, 0.05) is 29.8 Å². The first kappa shape index (κ1) is 18.7. The van der Waals surface area contributed by atoms with Gasteiger partial charge in [-0.25, -0.2) is 9.79 Å². The predicted octanol–water partition coefficient (Wildman–Crippen LogP) is 3.68. The molecule has 7 heteroatoms. The lowest BCUT2D eigenvalue weighted by molar-refractivity contribution is -0.116. The van der Waals surface area contributed by atoms with Crippen molar-refractivity contribution in [2.75, 3.05) is 6.54 Å². The maximum atomic E-state index is 12.1. The van der Waals surface area contributed by atoms with Crippen molar-refractivity contribution in [3.8, 4) is 0 Å². The molecule has 0 bridgehead atoms. The highest BCUT2D eigenvalue weighted by Gasteiger charge is 2.39. The lowest BCUT2D eigenvalue weighted by Gasteiger charge is -2.30. The topological polar surface area (TPSA) is 88.0 Å². The molecule has 3 aliphatic rings. The fraction of sp³-hybridized carbons (Fsp3) is 0.381. The van der Waals surface area contributed by atoms with E-state index in [1.165, 1.54) is 0 Å². The number of hydrogen-bond donors (Lipinski definition) is 2. The Bertz CT molecular complexity index is 961. The summed E-state index contributed by atoms with van der Waals surface area (Å²) >= 11 is 6.18. The van der Waals surface area contributed by atoms with Crippen molar-refractivity contribution < 1.29 is 19.4 Å². The van der Waals surface area contributed by atoms with Crippen molar-refractivity contribution in [2.24, 2.45) is 10.9 Å². The maximum absolute atomic E-state index is 12.1. The van der Waals surface area contributed by atoms with E-state index in [0.29, 0.717) is 18.9 Å². The average molecular weight is 401 g/mol. The van der Waals surface area contributed by atoms with Crippen molar-refractivity contribution in [2.45, 2.75) is 38.7 Å². The van der Waals surface area contributed by atoms with E-state index in [4.69, 9.17) is 21.3 Å². The number of carbonyl (C=O) groups excluding carboxylic acids is 1. The maximum Gasteiger partial charge on any atom is 0.337 e. The molecule has 2 heterocycles. The van der Waals surface area contributed by atoms with Crippen LogP contribution in [0.1, 0.15) is 48.5 Å². The molecule has 28 heavy (non-hydrogen) atoms. The molecule has 2 aliphatic heterocycles. The first-order valence-corrected chi connectivity index (χ1v) is 9.72. The quantitative estimate of drug-likeness (QED) is 0.810. The van der Waals surface area contributed by atoms with Gasteiger partial charge in [-0.3, -0.25) is 4.79 Å². The number of ether oxygens (including phenoxy) is 1. The Morgan fingerprint density at radius 2 is 2.14 bits per heavy atom. The third-order valence-corrected chi connectivity index (χ3v) is 5.64. The van der Waals surface area contributed by atoms with Crippen molar-refractivity contribution in [3.63, 3.8) is 0 Å². The summed E-state index contributed by atoms with van der Waals surface area (Å²) in [6.07, 6.45) is 3.07. The summed E-state index contributed by atoms with van der Waals surface area (Å²) < 4.78 is 5.87. The Morgan fingerprint density at radius 3 is 2.82 bits per heavy atom. The van der Waals surface area contributed by atoms with Crippen molar-refractivity contribution in [1.82, 2.24) is 5.32 Å². The molecule has 1 aromatic carbocycles. The summed E-state index contributed by atoms with van der Waals surface area (Å²) in [5.74, 6) is -0.392. The van der Waals surface area contributed by atoms with Crippen LogP contribution in [0.4, 0.5) is 0 Å². The second-order valence-electron chi connectivity index (χ2n) is 7.63. The van der Waals surface area contributed by atoms with Crippen LogP contribution < -0.4 is 5.32 Å². The molecule has 0 fully saturated rings. The van der Waals surface area contributed by atoms with Crippen molar-refractivity contribution in [1.29, 1.82) is 0 Å². The van der Waals surface area contributed by atoms with Gasteiger partial charge in [-0.15, -0.1) is 0 Å². The van der Waals surface area contributed by atoms with E-state index < -0.39 is 5.97 Å². The minimum Gasteiger partial charge on any atom is -0.478 e. The second kappa shape index (κ2) is 7.09. The number of allylic oxidation sites excluding steroid dienone is 1. The summed E-state index contributed by atoms with van der Waals surface area (Å²) in [4.78, 5) is 28.1. The lowest BCUT2D eigenvalue weighted by atomic mass is 9.75. The summed E-state index contributed by atoms with van der Waals surface area (Å²) in [6, 6.07) is 5.11. The van der Waals surface area contributed by atoms with Crippen LogP contribution in [0.2, 0.25) is 5.02 Å². The first-order chi connectivity index (χ1) is 13.3. The average Bonchev–Trinajstić information content (AvgIpc) is 2.84. The number of nitrogens with zero attached hydrogens (tertiary/aromatic N) is 1. The van der Waals surface area contributed by atoms with E-state index in [2.05, 4.69) is 5.32 Å². The van der Waals surface area contributed by atoms with E-state index in [1.807, 2.05) is 19.9 Å². The van der Waals surface area contributed by atoms with E-state index in [1.54, 1.807) is 18.2 Å². The first-order valence-electron chi connectivity index (χ1n) is 9.35. The molecule has 2 unspecified atom stereocenters. The van der Waals surface area contributed by atoms with Gasteiger partial charge < -0.3 is 15.2 Å². The van der Waals surface area contributed by atoms with Crippen LogP contribution in [0.25, 0.3) is 0 Å². The van der Waals surface area contributed by atoms with E-state index in [9.17, 15) is 14.7 Å². The third-order valence-electron chi connectivity index (χ3n) is 5.33. The molecule has 1 aromatic rings. The molecule has 0 saturated heterocycles. The van der Waals surface area contributed by atoms with Crippen LogP contribution in [0.15, 0.2) is 46.1 Å². The molecular formula is C21H21ClN2O4. The number of carbonyl (C=O) groups is 2. The summed E-state index contributed by atoms with van der Waals surface area (Å²) in [5.41, 5.74) is 3.91. The van der Waals surface area contributed by atoms with Crippen molar-refractivity contribution in [3.05, 3.63) is 57.3 Å². The Kier molecular flexibility index (Phi) is 4.75. The van der Waals surface area contributed by atoms with Gasteiger partial charge in [0.1, 0.15) is 0 Å². The molecule has 2 N–H and O–H groups in total. The highest BCUT2D eigenvalue weighted by atomic mass is 35.5. The molecule has 0 aromatic heterocycles. The molecule has 146 valence electrons. The van der Waals surface area contributed by atoms with Gasteiger partial charge in [0.2, 0.25) is 11.8 Å². The van der Waals surface area contributed by atoms with Crippen LogP contribution in [-0.4, -0.2) is 35.5 Å². The Labute approximate surface area is 167 Å². The zero-order valence-corrected chi connectivity index (χ0v) is 16.4. The highest BCUT2D eigenvalue weighted by molar-refractivity contribution is 6.33. The number of aromatic carboxylic acids is 1. The normalized spacial score (nSPS) is 23.6. The zero-order chi connectivity index (χ0) is 20.0. The van der Waals surface area contributed by atoms with Gasteiger partial charge in [-0.1, -0.05) is 17.7 Å².